The maximum atomic E-state index is 12.8. The molecule has 1 N–H and O–H groups in total. The summed E-state index contributed by atoms with van der Waals surface area (Å²) in [6.07, 6.45) is 0. The van der Waals surface area contributed by atoms with Crippen molar-refractivity contribution in [2.75, 3.05) is 49.7 Å². The molecule has 0 radical (unpaired) electrons. The standard InChI is InChI=1S/C22H28N2O5S2/c1-17-12-18(2)14-20(13-17)29-10-11-30-16-22(25)23-19-4-3-5-21(15-19)31(26,27)24-6-8-28-9-7-24/h3-5,12-15H,6-11,16H2,1-2H3,(H,23,25). The number of anilines is 1. The molecular weight excluding hydrogens is 436 g/mol. The molecule has 9 heteroatoms. The lowest BCUT2D eigenvalue weighted by atomic mass is 10.1. The lowest BCUT2D eigenvalue weighted by Crippen LogP contribution is -2.40. The summed E-state index contributed by atoms with van der Waals surface area (Å²) < 4.78 is 37.9. The van der Waals surface area contributed by atoms with Crippen molar-refractivity contribution in [3.63, 3.8) is 0 Å². The van der Waals surface area contributed by atoms with Crippen LogP contribution < -0.4 is 10.1 Å². The quantitative estimate of drug-likeness (QED) is 0.574. The molecule has 0 saturated carbocycles. The highest BCUT2D eigenvalue weighted by Gasteiger charge is 2.26. The molecule has 1 aliphatic heterocycles. The zero-order valence-electron chi connectivity index (χ0n) is 17.8. The van der Waals surface area contributed by atoms with Crippen LogP contribution in [0.4, 0.5) is 5.69 Å². The fourth-order valence-corrected chi connectivity index (χ4v) is 5.32. The Labute approximate surface area is 188 Å². The summed E-state index contributed by atoms with van der Waals surface area (Å²) in [5.74, 6) is 1.58. The summed E-state index contributed by atoms with van der Waals surface area (Å²) in [5.41, 5.74) is 2.77. The van der Waals surface area contributed by atoms with Crippen molar-refractivity contribution in [1.29, 1.82) is 0 Å². The third kappa shape index (κ3) is 6.96. The third-order valence-corrected chi connectivity index (χ3v) is 7.47. The van der Waals surface area contributed by atoms with Gasteiger partial charge in [0.1, 0.15) is 5.75 Å². The maximum Gasteiger partial charge on any atom is 0.243 e. The van der Waals surface area contributed by atoms with Crippen LogP contribution in [0.5, 0.6) is 5.75 Å². The molecule has 0 unspecified atom stereocenters. The van der Waals surface area contributed by atoms with Crippen molar-refractivity contribution < 1.29 is 22.7 Å². The van der Waals surface area contributed by atoms with Crippen molar-refractivity contribution in [3.05, 3.63) is 53.6 Å². The van der Waals surface area contributed by atoms with Crippen LogP contribution in [-0.2, 0) is 19.6 Å². The normalized spacial score (nSPS) is 14.9. The van der Waals surface area contributed by atoms with E-state index < -0.39 is 10.0 Å². The van der Waals surface area contributed by atoms with E-state index in [9.17, 15) is 13.2 Å². The van der Waals surface area contributed by atoms with Crippen molar-refractivity contribution in [2.45, 2.75) is 18.7 Å². The van der Waals surface area contributed by atoms with Crippen LogP contribution in [-0.4, -0.2) is 63.0 Å². The molecule has 1 amide bonds. The van der Waals surface area contributed by atoms with Crippen LogP contribution in [0.2, 0.25) is 0 Å². The molecule has 0 spiro atoms. The van der Waals surface area contributed by atoms with Crippen LogP contribution >= 0.6 is 11.8 Å². The lowest BCUT2D eigenvalue weighted by Gasteiger charge is -2.26. The topological polar surface area (TPSA) is 84.9 Å². The summed E-state index contributed by atoms with van der Waals surface area (Å²) >= 11 is 1.46. The van der Waals surface area contributed by atoms with E-state index in [2.05, 4.69) is 11.4 Å². The number of thioether (sulfide) groups is 1. The Kier molecular flexibility index (Phi) is 8.36. The zero-order valence-corrected chi connectivity index (χ0v) is 19.4. The number of sulfonamides is 1. The van der Waals surface area contributed by atoms with Gasteiger partial charge in [0, 0.05) is 24.5 Å². The molecule has 0 bridgehead atoms. The molecule has 0 aromatic heterocycles. The van der Waals surface area contributed by atoms with Gasteiger partial charge in [-0.3, -0.25) is 4.79 Å². The molecule has 0 aliphatic carbocycles. The van der Waals surface area contributed by atoms with Gasteiger partial charge in [-0.15, -0.1) is 11.8 Å². The van der Waals surface area contributed by atoms with Gasteiger partial charge in [0.05, 0.1) is 30.5 Å². The van der Waals surface area contributed by atoms with Gasteiger partial charge < -0.3 is 14.8 Å². The Morgan fingerprint density at radius 3 is 2.55 bits per heavy atom. The first kappa shape index (κ1) is 23.6. The van der Waals surface area contributed by atoms with Crippen LogP contribution in [0, 0.1) is 13.8 Å². The number of aryl methyl sites for hydroxylation is 2. The molecule has 1 aliphatic rings. The number of morpholine rings is 1. The third-order valence-electron chi connectivity index (χ3n) is 4.65. The van der Waals surface area contributed by atoms with E-state index in [0.29, 0.717) is 44.4 Å². The minimum absolute atomic E-state index is 0.168. The van der Waals surface area contributed by atoms with Gasteiger partial charge in [-0.25, -0.2) is 8.42 Å². The van der Waals surface area contributed by atoms with Crippen LogP contribution in [0.3, 0.4) is 0 Å². The molecule has 2 aromatic rings. The monoisotopic (exact) mass is 464 g/mol. The summed E-state index contributed by atoms with van der Waals surface area (Å²) in [6, 6.07) is 12.4. The first-order valence-electron chi connectivity index (χ1n) is 10.1. The number of rotatable bonds is 9. The fraction of sp³-hybridized carbons (Fsp3) is 0.409. The van der Waals surface area contributed by atoms with E-state index in [4.69, 9.17) is 9.47 Å². The van der Waals surface area contributed by atoms with Crippen molar-refractivity contribution in [1.82, 2.24) is 4.31 Å². The highest BCUT2D eigenvalue weighted by molar-refractivity contribution is 7.99. The average molecular weight is 465 g/mol. The summed E-state index contributed by atoms with van der Waals surface area (Å²) in [7, 11) is -3.60. The van der Waals surface area contributed by atoms with Gasteiger partial charge >= 0.3 is 0 Å². The predicted octanol–water partition coefficient (Wildman–Crippen LogP) is 3.08. The Hall–Kier alpha value is -2.07. The maximum absolute atomic E-state index is 12.8. The van der Waals surface area contributed by atoms with Gasteiger partial charge in [0.2, 0.25) is 15.9 Å². The minimum atomic E-state index is -3.60. The van der Waals surface area contributed by atoms with Gasteiger partial charge in [-0.2, -0.15) is 4.31 Å². The van der Waals surface area contributed by atoms with E-state index >= 15 is 0 Å². The number of nitrogens with one attached hydrogen (secondary N) is 1. The Balaban J connectivity index is 1.45. The molecule has 0 atom stereocenters. The molecular formula is C22H28N2O5S2. The average Bonchev–Trinajstić information content (AvgIpc) is 2.73. The van der Waals surface area contributed by atoms with E-state index in [0.717, 1.165) is 16.9 Å². The fourth-order valence-electron chi connectivity index (χ4n) is 3.27. The highest BCUT2D eigenvalue weighted by Crippen LogP contribution is 2.21. The number of carbonyl (C=O) groups is 1. The SMILES string of the molecule is Cc1cc(C)cc(OCCSCC(=O)Nc2cccc(S(=O)(=O)N3CCOCC3)c2)c1. The molecule has 31 heavy (non-hydrogen) atoms. The van der Waals surface area contributed by atoms with Crippen LogP contribution in [0.25, 0.3) is 0 Å². The first-order chi connectivity index (χ1) is 14.8. The number of hydrogen-bond acceptors (Lipinski definition) is 6. The molecule has 2 aromatic carbocycles. The highest BCUT2D eigenvalue weighted by atomic mass is 32.2. The van der Waals surface area contributed by atoms with Crippen molar-refractivity contribution >= 4 is 33.4 Å². The summed E-state index contributed by atoms with van der Waals surface area (Å²) in [4.78, 5) is 12.4. The number of carbonyl (C=O) groups excluding carboxylic acids is 1. The zero-order chi connectivity index (χ0) is 22.3. The van der Waals surface area contributed by atoms with Gasteiger partial charge in [-0.05, 0) is 55.3 Å². The van der Waals surface area contributed by atoms with Gasteiger partial charge in [0.15, 0.2) is 0 Å². The number of amides is 1. The van der Waals surface area contributed by atoms with Gasteiger partial charge in [-0.1, -0.05) is 12.1 Å². The van der Waals surface area contributed by atoms with E-state index in [1.54, 1.807) is 18.2 Å². The van der Waals surface area contributed by atoms with Crippen LogP contribution in [0.15, 0.2) is 47.4 Å². The molecule has 1 fully saturated rings. The smallest absolute Gasteiger partial charge is 0.243 e. The second-order valence-corrected chi connectivity index (χ2v) is 10.4. The Morgan fingerprint density at radius 2 is 1.84 bits per heavy atom. The first-order valence-corrected chi connectivity index (χ1v) is 12.7. The van der Waals surface area contributed by atoms with E-state index in [1.165, 1.54) is 22.1 Å². The van der Waals surface area contributed by atoms with E-state index in [1.807, 2.05) is 26.0 Å². The van der Waals surface area contributed by atoms with Gasteiger partial charge in [0.25, 0.3) is 0 Å². The number of nitrogens with zero attached hydrogens (tertiary/aromatic N) is 1. The number of ether oxygens (including phenoxy) is 2. The second kappa shape index (κ2) is 11.0. The molecule has 3 rings (SSSR count). The molecule has 1 saturated heterocycles. The molecule has 7 nitrogen and oxygen atoms in total. The van der Waals surface area contributed by atoms with Crippen LogP contribution in [0.1, 0.15) is 11.1 Å². The number of benzene rings is 2. The summed E-state index contributed by atoms with van der Waals surface area (Å²) in [6.45, 7) is 6.01. The largest absolute Gasteiger partial charge is 0.493 e. The Bertz CT molecular complexity index is 984. The second-order valence-electron chi connectivity index (χ2n) is 7.32. The predicted molar refractivity (Wildman–Crippen MR) is 123 cm³/mol. The lowest BCUT2D eigenvalue weighted by molar-refractivity contribution is -0.113. The molecule has 168 valence electrons. The summed E-state index contributed by atoms with van der Waals surface area (Å²) in [5, 5.41) is 2.77. The van der Waals surface area contributed by atoms with Crippen molar-refractivity contribution in [2.24, 2.45) is 0 Å². The van der Waals surface area contributed by atoms with E-state index in [-0.39, 0.29) is 16.6 Å². The molecule has 1 heterocycles. The van der Waals surface area contributed by atoms with Crippen molar-refractivity contribution in [3.8, 4) is 5.75 Å². The number of hydrogen-bond donors (Lipinski definition) is 1. The Morgan fingerprint density at radius 1 is 1.13 bits per heavy atom. The minimum Gasteiger partial charge on any atom is -0.493 e.